The van der Waals surface area contributed by atoms with Crippen molar-refractivity contribution in [1.29, 1.82) is 0 Å². The molecule has 0 atom stereocenters. The maximum absolute atomic E-state index is 13.3. The van der Waals surface area contributed by atoms with Gasteiger partial charge in [0.05, 0.1) is 0 Å². The molecule has 15 heavy (non-hydrogen) atoms. The van der Waals surface area contributed by atoms with Crippen molar-refractivity contribution in [3.63, 3.8) is 0 Å². The zero-order valence-electron chi connectivity index (χ0n) is 9.22. The third kappa shape index (κ3) is 2.78. The summed E-state index contributed by atoms with van der Waals surface area (Å²) in [6.45, 7) is 3.69. The topological polar surface area (TPSA) is 12.0 Å². The summed E-state index contributed by atoms with van der Waals surface area (Å²) in [5, 5.41) is 3.33. The van der Waals surface area contributed by atoms with Crippen molar-refractivity contribution in [3.8, 4) is 0 Å². The fourth-order valence-corrected chi connectivity index (χ4v) is 1.95. The first-order chi connectivity index (χ1) is 7.25. The van der Waals surface area contributed by atoms with E-state index in [1.54, 1.807) is 6.07 Å². The summed E-state index contributed by atoms with van der Waals surface area (Å²) in [5.74, 6) is 0.736. The molecule has 1 aliphatic carbocycles. The summed E-state index contributed by atoms with van der Waals surface area (Å²) in [6, 6.07) is 5.28. The SMILES string of the molecule is Cc1ccc(F)c(CNCC2CCC2)c1. The first-order valence-corrected chi connectivity index (χ1v) is 5.71. The zero-order valence-corrected chi connectivity index (χ0v) is 9.22. The molecule has 1 nitrogen and oxygen atoms in total. The fraction of sp³-hybridized carbons (Fsp3) is 0.538. The molecule has 1 aromatic rings. The minimum absolute atomic E-state index is 0.0956. The molecular weight excluding hydrogens is 189 g/mol. The molecule has 1 aliphatic rings. The molecule has 1 saturated carbocycles. The second-order valence-electron chi connectivity index (χ2n) is 4.52. The minimum Gasteiger partial charge on any atom is -0.312 e. The second-order valence-corrected chi connectivity index (χ2v) is 4.52. The van der Waals surface area contributed by atoms with Gasteiger partial charge in [0.15, 0.2) is 0 Å². The van der Waals surface area contributed by atoms with Crippen LogP contribution in [0.1, 0.15) is 30.4 Å². The number of halogens is 1. The van der Waals surface area contributed by atoms with Crippen molar-refractivity contribution < 1.29 is 4.39 Å². The summed E-state index contributed by atoms with van der Waals surface area (Å²) < 4.78 is 13.3. The van der Waals surface area contributed by atoms with Gasteiger partial charge in [0.1, 0.15) is 5.82 Å². The van der Waals surface area contributed by atoms with Gasteiger partial charge < -0.3 is 5.32 Å². The average Bonchev–Trinajstić information content (AvgIpc) is 2.15. The number of hydrogen-bond acceptors (Lipinski definition) is 1. The van der Waals surface area contributed by atoms with E-state index in [1.165, 1.54) is 19.3 Å². The van der Waals surface area contributed by atoms with Crippen molar-refractivity contribution in [2.45, 2.75) is 32.7 Å². The molecule has 0 saturated heterocycles. The molecule has 1 aromatic carbocycles. The van der Waals surface area contributed by atoms with E-state index in [0.717, 1.165) is 23.6 Å². The van der Waals surface area contributed by atoms with Crippen LogP contribution in [0.15, 0.2) is 18.2 Å². The van der Waals surface area contributed by atoms with E-state index in [-0.39, 0.29) is 5.82 Å². The number of benzene rings is 1. The number of nitrogens with one attached hydrogen (secondary N) is 1. The van der Waals surface area contributed by atoms with E-state index < -0.39 is 0 Å². The Labute approximate surface area is 90.7 Å². The van der Waals surface area contributed by atoms with Gasteiger partial charge >= 0.3 is 0 Å². The molecule has 0 bridgehead atoms. The molecular formula is C13H18FN. The molecule has 0 heterocycles. The largest absolute Gasteiger partial charge is 0.312 e. The number of rotatable bonds is 4. The summed E-state index contributed by atoms with van der Waals surface area (Å²) in [7, 11) is 0. The molecule has 0 unspecified atom stereocenters. The highest BCUT2D eigenvalue weighted by molar-refractivity contribution is 5.23. The zero-order chi connectivity index (χ0) is 10.7. The van der Waals surface area contributed by atoms with Gasteiger partial charge in [-0.05, 0) is 38.3 Å². The normalized spacial score (nSPS) is 16.4. The van der Waals surface area contributed by atoms with Gasteiger partial charge in [-0.1, -0.05) is 24.1 Å². The average molecular weight is 207 g/mol. The lowest BCUT2D eigenvalue weighted by Gasteiger charge is -2.25. The van der Waals surface area contributed by atoms with E-state index in [2.05, 4.69) is 5.32 Å². The first-order valence-electron chi connectivity index (χ1n) is 5.71. The highest BCUT2D eigenvalue weighted by atomic mass is 19.1. The van der Waals surface area contributed by atoms with Crippen LogP contribution in [0.25, 0.3) is 0 Å². The second kappa shape index (κ2) is 4.75. The Balaban J connectivity index is 1.83. The van der Waals surface area contributed by atoms with Crippen molar-refractivity contribution in [2.24, 2.45) is 5.92 Å². The van der Waals surface area contributed by atoms with E-state index in [4.69, 9.17) is 0 Å². The van der Waals surface area contributed by atoms with Gasteiger partial charge in [-0.15, -0.1) is 0 Å². The van der Waals surface area contributed by atoms with E-state index in [1.807, 2.05) is 19.1 Å². The van der Waals surface area contributed by atoms with E-state index in [9.17, 15) is 4.39 Å². The summed E-state index contributed by atoms with van der Waals surface area (Å²) in [4.78, 5) is 0. The highest BCUT2D eigenvalue weighted by Gasteiger charge is 2.16. The number of aryl methyl sites for hydroxylation is 1. The molecule has 0 spiro atoms. The Kier molecular flexibility index (Phi) is 3.37. The molecule has 2 heteroatoms. The molecule has 0 aliphatic heterocycles. The third-order valence-electron chi connectivity index (χ3n) is 3.17. The van der Waals surface area contributed by atoms with Gasteiger partial charge in [-0.2, -0.15) is 0 Å². The molecule has 1 N–H and O–H groups in total. The van der Waals surface area contributed by atoms with Gasteiger partial charge in [-0.3, -0.25) is 0 Å². The van der Waals surface area contributed by atoms with Crippen LogP contribution in [0.5, 0.6) is 0 Å². The van der Waals surface area contributed by atoms with Gasteiger partial charge in [-0.25, -0.2) is 4.39 Å². The Bertz CT molecular complexity index is 331. The highest BCUT2D eigenvalue weighted by Crippen LogP contribution is 2.25. The van der Waals surface area contributed by atoms with Crippen LogP contribution < -0.4 is 5.32 Å². The Hall–Kier alpha value is -0.890. The molecule has 0 amide bonds. The van der Waals surface area contributed by atoms with Crippen molar-refractivity contribution in [1.82, 2.24) is 5.32 Å². The maximum atomic E-state index is 13.3. The van der Waals surface area contributed by atoms with Crippen LogP contribution in [0.3, 0.4) is 0 Å². The predicted octanol–water partition coefficient (Wildman–Crippen LogP) is 3.02. The van der Waals surface area contributed by atoms with E-state index in [0.29, 0.717) is 6.54 Å². The van der Waals surface area contributed by atoms with Gasteiger partial charge in [0.2, 0.25) is 0 Å². The minimum atomic E-state index is -0.0956. The van der Waals surface area contributed by atoms with Crippen LogP contribution in [-0.2, 0) is 6.54 Å². The Morgan fingerprint density at radius 2 is 2.20 bits per heavy atom. The lowest BCUT2D eigenvalue weighted by molar-refractivity contribution is 0.301. The van der Waals surface area contributed by atoms with Crippen molar-refractivity contribution in [3.05, 3.63) is 35.1 Å². The summed E-state index contributed by atoms with van der Waals surface area (Å²) >= 11 is 0. The third-order valence-corrected chi connectivity index (χ3v) is 3.17. The molecule has 1 fully saturated rings. The molecule has 0 aromatic heterocycles. The molecule has 2 rings (SSSR count). The fourth-order valence-electron chi connectivity index (χ4n) is 1.95. The van der Waals surface area contributed by atoms with Crippen molar-refractivity contribution >= 4 is 0 Å². The summed E-state index contributed by atoms with van der Waals surface area (Å²) in [6.07, 6.45) is 4.04. The van der Waals surface area contributed by atoms with Gasteiger partial charge in [0.25, 0.3) is 0 Å². The first kappa shape index (κ1) is 10.6. The maximum Gasteiger partial charge on any atom is 0.127 e. The molecule has 0 radical (unpaired) electrons. The van der Waals surface area contributed by atoms with Crippen LogP contribution in [-0.4, -0.2) is 6.54 Å². The smallest absolute Gasteiger partial charge is 0.127 e. The predicted molar refractivity (Wildman–Crippen MR) is 60.2 cm³/mol. The lowest BCUT2D eigenvalue weighted by Crippen LogP contribution is -2.27. The Morgan fingerprint density at radius 1 is 1.40 bits per heavy atom. The monoisotopic (exact) mass is 207 g/mol. The van der Waals surface area contributed by atoms with Crippen LogP contribution in [0.4, 0.5) is 4.39 Å². The van der Waals surface area contributed by atoms with Crippen molar-refractivity contribution in [2.75, 3.05) is 6.54 Å². The number of hydrogen-bond donors (Lipinski definition) is 1. The van der Waals surface area contributed by atoms with Crippen LogP contribution in [0.2, 0.25) is 0 Å². The Morgan fingerprint density at radius 3 is 2.87 bits per heavy atom. The lowest BCUT2D eigenvalue weighted by atomic mass is 9.85. The van der Waals surface area contributed by atoms with Gasteiger partial charge in [0, 0.05) is 12.1 Å². The quantitative estimate of drug-likeness (QED) is 0.800. The van der Waals surface area contributed by atoms with Crippen LogP contribution >= 0.6 is 0 Å². The van der Waals surface area contributed by atoms with E-state index >= 15 is 0 Å². The summed E-state index contributed by atoms with van der Waals surface area (Å²) in [5.41, 5.74) is 1.91. The molecule has 82 valence electrons. The van der Waals surface area contributed by atoms with Crippen LogP contribution in [0, 0.1) is 18.7 Å². The standard InChI is InChI=1S/C13H18FN/c1-10-5-6-13(14)12(7-10)9-15-8-11-3-2-4-11/h5-7,11,15H,2-4,8-9H2,1H3.